The van der Waals surface area contributed by atoms with E-state index < -0.39 is 33.5 Å². The fourth-order valence-electron chi connectivity index (χ4n) is 1.29. The van der Waals surface area contributed by atoms with Crippen molar-refractivity contribution in [2.75, 3.05) is 5.75 Å². The van der Waals surface area contributed by atoms with Crippen LogP contribution in [0.15, 0.2) is 23.1 Å². The Morgan fingerprint density at radius 2 is 1.90 bits per heavy atom. The number of sulfone groups is 1. The summed E-state index contributed by atoms with van der Waals surface area (Å²) in [6, 6.07) is 1.74. The van der Waals surface area contributed by atoms with E-state index in [1.807, 2.05) is 0 Å². The second-order valence-electron chi connectivity index (χ2n) is 3.62. The first-order chi connectivity index (χ1) is 9.13. The van der Waals surface area contributed by atoms with E-state index in [2.05, 4.69) is 5.73 Å². The van der Waals surface area contributed by atoms with E-state index >= 15 is 0 Å². The van der Waals surface area contributed by atoms with Crippen molar-refractivity contribution in [2.24, 2.45) is 5.73 Å². The molecule has 0 spiro atoms. The van der Waals surface area contributed by atoms with Gasteiger partial charge in [-0.1, -0.05) is 11.6 Å². The lowest BCUT2D eigenvalue weighted by Gasteiger charge is -2.06. The molecule has 1 aromatic rings. The Balaban J connectivity index is 3.05. The molecule has 0 aliphatic carbocycles. The van der Waals surface area contributed by atoms with Gasteiger partial charge in [0.1, 0.15) is 5.75 Å². The van der Waals surface area contributed by atoms with E-state index in [1.54, 1.807) is 5.32 Å². The molecule has 8 nitrogen and oxygen atoms in total. The number of carbonyl (C=O) groups excluding carboxylic acids is 2. The molecule has 20 heavy (non-hydrogen) atoms. The first-order valence-corrected chi connectivity index (χ1v) is 7.01. The van der Waals surface area contributed by atoms with Crippen molar-refractivity contribution >= 4 is 39.3 Å². The minimum absolute atomic E-state index is 0.271. The lowest BCUT2D eigenvalue weighted by Crippen LogP contribution is -2.38. The van der Waals surface area contributed by atoms with Crippen LogP contribution in [0.1, 0.15) is 10.4 Å². The summed E-state index contributed by atoms with van der Waals surface area (Å²) >= 11 is 5.63. The van der Waals surface area contributed by atoms with Gasteiger partial charge in [-0.25, -0.2) is 18.0 Å². The molecule has 1 rings (SSSR count). The van der Waals surface area contributed by atoms with E-state index in [0.29, 0.717) is 0 Å². The quantitative estimate of drug-likeness (QED) is 0.712. The molecule has 10 heteroatoms. The van der Waals surface area contributed by atoms with Crippen molar-refractivity contribution in [1.82, 2.24) is 5.32 Å². The number of carboxylic acids is 1. The molecule has 0 radical (unpaired) electrons. The molecule has 0 heterocycles. The van der Waals surface area contributed by atoms with Crippen LogP contribution in [0, 0.1) is 0 Å². The van der Waals surface area contributed by atoms with Gasteiger partial charge in [-0.05, 0) is 18.2 Å². The van der Waals surface area contributed by atoms with Crippen LogP contribution >= 0.6 is 11.6 Å². The molecule has 0 saturated heterocycles. The van der Waals surface area contributed by atoms with E-state index in [4.69, 9.17) is 16.7 Å². The topological polar surface area (TPSA) is 144 Å². The number of nitrogens with two attached hydrogens (primary N) is 1. The highest BCUT2D eigenvalue weighted by atomic mass is 35.5. The normalized spacial score (nSPS) is 10.8. The van der Waals surface area contributed by atoms with Gasteiger partial charge in [0, 0.05) is 0 Å². The minimum Gasteiger partial charge on any atom is -0.478 e. The molecule has 3 amide bonds. The second-order valence-corrected chi connectivity index (χ2v) is 6.02. The Morgan fingerprint density at radius 1 is 1.30 bits per heavy atom. The van der Waals surface area contributed by atoms with Crippen molar-refractivity contribution < 1.29 is 27.9 Å². The molecule has 0 aliphatic rings. The number of carboxylic acid groups (broad SMARTS) is 1. The fraction of sp³-hybridized carbons (Fsp3) is 0.100. The number of imide groups is 1. The highest BCUT2D eigenvalue weighted by Crippen LogP contribution is 2.21. The maximum absolute atomic E-state index is 11.8. The van der Waals surface area contributed by atoms with Crippen LogP contribution in [-0.2, 0) is 14.6 Å². The third-order valence-electron chi connectivity index (χ3n) is 2.11. The van der Waals surface area contributed by atoms with Crippen LogP contribution in [-0.4, -0.2) is 37.2 Å². The third kappa shape index (κ3) is 3.93. The van der Waals surface area contributed by atoms with Crippen molar-refractivity contribution in [3.8, 4) is 0 Å². The number of urea groups is 1. The van der Waals surface area contributed by atoms with Gasteiger partial charge in [0.05, 0.1) is 15.5 Å². The number of amides is 3. The third-order valence-corrected chi connectivity index (χ3v) is 4.04. The molecule has 0 fully saturated rings. The maximum Gasteiger partial charge on any atom is 0.337 e. The van der Waals surface area contributed by atoms with E-state index in [9.17, 15) is 22.8 Å². The molecular weight excluding hydrogens is 312 g/mol. The summed E-state index contributed by atoms with van der Waals surface area (Å²) in [7, 11) is -4.07. The van der Waals surface area contributed by atoms with E-state index in [1.165, 1.54) is 0 Å². The Labute approximate surface area is 118 Å². The monoisotopic (exact) mass is 320 g/mol. The number of benzene rings is 1. The molecule has 0 aromatic heterocycles. The van der Waals surface area contributed by atoms with Crippen LogP contribution < -0.4 is 11.1 Å². The number of halogens is 1. The van der Waals surface area contributed by atoms with Crippen LogP contribution in [0.3, 0.4) is 0 Å². The molecule has 0 aliphatic heterocycles. The van der Waals surface area contributed by atoms with Gasteiger partial charge in [-0.2, -0.15) is 0 Å². The molecule has 0 bridgehead atoms. The fourth-order valence-corrected chi connectivity index (χ4v) is 2.78. The summed E-state index contributed by atoms with van der Waals surface area (Å²) < 4.78 is 23.7. The van der Waals surface area contributed by atoms with Crippen LogP contribution in [0.2, 0.25) is 5.02 Å². The number of carbonyl (C=O) groups is 3. The van der Waals surface area contributed by atoms with Crippen molar-refractivity contribution in [3.05, 3.63) is 28.8 Å². The molecule has 0 atom stereocenters. The predicted molar refractivity (Wildman–Crippen MR) is 68.2 cm³/mol. The van der Waals surface area contributed by atoms with Crippen molar-refractivity contribution in [3.63, 3.8) is 0 Å². The number of rotatable bonds is 4. The molecule has 0 saturated carbocycles. The lowest BCUT2D eigenvalue weighted by atomic mass is 10.2. The summed E-state index contributed by atoms with van der Waals surface area (Å²) in [6.45, 7) is 0. The highest BCUT2D eigenvalue weighted by Gasteiger charge is 2.22. The van der Waals surface area contributed by atoms with Crippen molar-refractivity contribution in [1.29, 1.82) is 0 Å². The van der Waals surface area contributed by atoms with Crippen LogP contribution in [0.4, 0.5) is 4.79 Å². The maximum atomic E-state index is 11.8. The summed E-state index contributed by atoms with van der Waals surface area (Å²) in [5, 5.41) is 10.1. The zero-order valence-electron chi connectivity index (χ0n) is 9.79. The Bertz CT molecular complexity index is 685. The molecular formula is C10H9ClN2O6S. The van der Waals surface area contributed by atoms with Gasteiger partial charge in [0.25, 0.3) is 0 Å². The number of aromatic carboxylic acids is 1. The van der Waals surface area contributed by atoms with Gasteiger partial charge in [0.2, 0.25) is 5.91 Å². The van der Waals surface area contributed by atoms with Gasteiger partial charge < -0.3 is 10.8 Å². The van der Waals surface area contributed by atoms with E-state index in [0.717, 1.165) is 18.2 Å². The predicted octanol–water partition coefficient (Wildman–Crippen LogP) is 0.00680. The lowest BCUT2D eigenvalue weighted by molar-refractivity contribution is -0.117. The van der Waals surface area contributed by atoms with Gasteiger partial charge in [-0.15, -0.1) is 0 Å². The smallest absolute Gasteiger partial charge is 0.337 e. The Kier molecular flexibility index (Phi) is 4.69. The molecule has 0 unspecified atom stereocenters. The number of primary amides is 1. The van der Waals surface area contributed by atoms with Crippen LogP contribution in [0.5, 0.6) is 0 Å². The zero-order valence-corrected chi connectivity index (χ0v) is 11.4. The number of hydrogen-bond acceptors (Lipinski definition) is 5. The molecule has 108 valence electrons. The largest absolute Gasteiger partial charge is 0.478 e. The average molecular weight is 321 g/mol. The second kappa shape index (κ2) is 5.88. The Morgan fingerprint density at radius 3 is 2.35 bits per heavy atom. The standard InChI is InChI=1S/C10H9ClN2O6S/c11-7-3-5(1-2-6(7)9(15)16)20(18,19)4-8(14)13-10(12)17/h1-3H,4H2,(H,15,16)(H3,12,13,14,17). The van der Waals surface area contributed by atoms with Crippen LogP contribution in [0.25, 0.3) is 0 Å². The number of hydrogen-bond donors (Lipinski definition) is 3. The first kappa shape index (κ1) is 15.9. The van der Waals surface area contributed by atoms with Gasteiger partial charge >= 0.3 is 12.0 Å². The number of nitrogens with one attached hydrogen (secondary N) is 1. The zero-order chi connectivity index (χ0) is 15.5. The van der Waals surface area contributed by atoms with Gasteiger partial charge in [0.15, 0.2) is 9.84 Å². The van der Waals surface area contributed by atoms with Crippen molar-refractivity contribution in [2.45, 2.75) is 4.90 Å². The first-order valence-electron chi connectivity index (χ1n) is 4.98. The summed E-state index contributed by atoms with van der Waals surface area (Å²) in [4.78, 5) is 32.0. The Hall–Kier alpha value is -2.13. The van der Waals surface area contributed by atoms with Gasteiger partial charge in [-0.3, -0.25) is 10.1 Å². The highest BCUT2D eigenvalue weighted by molar-refractivity contribution is 7.92. The summed E-state index contributed by atoms with van der Waals surface area (Å²) in [6.07, 6.45) is 0. The summed E-state index contributed by atoms with van der Waals surface area (Å²) in [5.41, 5.74) is 4.40. The molecule has 4 N–H and O–H groups in total. The minimum atomic E-state index is -4.07. The molecule has 1 aromatic carbocycles. The van der Waals surface area contributed by atoms with E-state index in [-0.39, 0.29) is 15.5 Å². The average Bonchev–Trinajstić information content (AvgIpc) is 2.25. The SMILES string of the molecule is NC(=O)NC(=O)CS(=O)(=O)c1ccc(C(=O)O)c(Cl)c1. The summed E-state index contributed by atoms with van der Waals surface area (Å²) in [5.74, 6) is -3.43.